The van der Waals surface area contributed by atoms with Crippen LogP contribution in [-0.2, 0) is 22.4 Å². The van der Waals surface area contributed by atoms with Crippen molar-refractivity contribution in [1.29, 1.82) is 0 Å². The van der Waals surface area contributed by atoms with E-state index in [0.717, 1.165) is 30.4 Å². The smallest absolute Gasteiger partial charge is 0.410 e. The van der Waals surface area contributed by atoms with Crippen molar-refractivity contribution < 1.29 is 23.8 Å². The molecule has 1 saturated heterocycles. The quantitative estimate of drug-likeness (QED) is 0.751. The molecule has 0 aliphatic carbocycles. The number of methoxy groups -OCH3 is 2. The van der Waals surface area contributed by atoms with Gasteiger partial charge in [-0.15, -0.1) is 0 Å². The van der Waals surface area contributed by atoms with Crippen LogP contribution >= 0.6 is 0 Å². The zero-order valence-corrected chi connectivity index (χ0v) is 18.8. The Balaban J connectivity index is 1.64. The second-order valence-corrected chi connectivity index (χ2v) is 9.18. The monoisotopic (exact) mass is 418 g/mol. The van der Waals surface area contributed by atoms with Gasteiger partial charge in [-0.05, 0) is 69.2 Å². The van der Waals surface area contributed by atoms with Crippen LogP contribution in [0.25, 0.3) is 0 Å². The molecule has 1 atom stereocenters. The van der Waals surface area contributed by atoms with Crippen molar-refractivity contribution in [1.82, 2.24) is 9.80 Å². The highest BCUT2D eigenvalue weighted by Gasteiger charge is 2.30. The average molecular weight is 419 g/mol. The molecule has 2 aliphatic heterocycles. The Labute approximate surface area is 179 Å². The molecule has 0 radical (unpaired) electrons. The fourth-order valence-electron chi connectivity index (χ4n) is 4.23. The van der Waals surface area contributed by atoms with E-state index >= 15 is 0 Å². The Kier molecular flexibility index (Phi) is 6.78. The van der Waals surface area contributed by atoms with E-state index in [0.29, 0.717) is 44.1 Å². The van der Waals surface area contributed by atoms with Gasteiger partial charge >= 0.3 is 6.09 Å². The molecule has 0 N–H and O–H groups in total. The normalized spacial score (nSPS) is 19.8. The summed E-state index contributed by atoms with van der Waals surface area (Å²) in [5, 5.41) is 0. The molecular weight excluding hydrogens is 384 g/mol. The number of hydrogen-bond donors (Lipinski definition) is 0. The summed E-state index contributed by atoms with van der Waals surface area (Å²) in [7, 11) is 3.23. The summed E-state index contributed by atoms with van der Waals surface area (Å²) in [4.78, 5) is 29.1. The number of nitrogens with zero attached hydrogens (tertiary/aromatic N) is 2. The van der Waals surface area contributed by atoms with E-state index in [9.17, 15) is 9.59 Å². The molecule has 166 valence electrons. The summed E-state index contributed by atoms with van der Waals surface area (Å²) in [6.45, 7) is 8.32. The minimum absolute atomic E-state index is 0.121. The first kappa shape index (κ1) is 22.2. The minimum atomic E-state index is -0.501. The topological polar surface area (TPSA) is 68.3 Å². The molecular formula is C23H34N2O5. The van der Waals surface area contributed by atoms with Crippen LogP contribution in [0.4, 0.5) is 4.79 Å². The van der Waals surface area contributed by atoms with Crippen LogP contribution in [0.5, 0.6) is 11.5 Å². The van der Waals surface area contributed by atoms with Crippen LogP contribution < -0.4 is 9.47 Å². The number of rotatable bonds is 4. The first-order valence-corrected chi connectivity index (χ1v) is 10.7. The van der Waals surface area contributed by atoms with Crippen LogP contribution in [0.1, 0.15) is 44.7 Å². The van der Waals surface area contributed by atoms with Crippen molar-refractivity contribution in [2.45, 2.75) is 52.1 Å². The van der Waals surface area contributed by atoms with Gasteiger partial charge in [0.2, 0.25) is 5.91 Å². The Hall–Kier alpha value is -2.44. The zero-order valence-electron chi connectivity index (χ0n) is 18.8. The first-order chi connectivity index (χ1) is 14.2. The van der Waals surface area contributed by atoms with Crippen LogP contribution in [0, 0.1) is 5.92 Å². The van der Waals surface area contributed by atoms with Crippen LogP contribution in [0.2, 0.25) is 0 Å². The highest BCUT2D eigenvalue weighted by atomic mass is 16.6. The molecule has 7 nitrogen and oxygen atoms in total. The fraction of sp³-hybridized carbons (Fsp3) is 0.652. The summed E-state index contributed by atoms with van der Waals surface area (Å²) < 4.78 is 16.3. The summed E-state index contributed by atoms with van der Waals surface area (Å²) >= 11 is 0. The van der Waals surface area contributed by atoms with E-state index in [1.807, 2.05) is 37.8 Å². The second-order valence-electron chi connectivity index (χ2n) is 9.18. The molecule has 1 aromatic rings. The predicted octanol–water partition coefficient (Wildman–Crippen LogP) is 3.28. The molecule has 0 unspecified atom stereocenters. The van der Waals surface area contributed by atoms with Gasteiger partial charge in [-0.3, -0.25) is 4.79 Å². The molecule has 1 fully saturated rings. The fourth-order valence-corrected chi connectivity index (χ4v) is 4.23. The van der Waals surface area contributed by atoms with Crippen molar-refractivity contribution in [2.75, 3.05) is 40.4 Å². The van der Waals surface area contributed by atoms with E-state index in [2.05, 4.69) is 0 Å². The molecule has 2 heterocycles. The van der Waals surface area contributed by atoms with Crippen molar-refractivity contribution in [3.05, 3.63) is 23.3 Å². The predicted molar refractivity (Wildman–Crippen MR) is 114 cm³/mol. The molecule has 0 bridgehead atoms. The van der Waals surface area contributed by atoms with Gasteiger partial charge in [0.15, 0.2) is 11.5 Å². The first-order valence-electron chi connectivity index (χ1n) is 10.7. The van der Waals surface area contributed by atoms with Crippen molar-refractivity contribution in [3.8, 4) is 11.5 Å². The Morgan fingerprint density at radius 2 is 1.77 bits per heavy atom. The summed E-state index contributed by atoms with van der Waals surface area (Å²) in [5.41, 5.74) is 1.63. The maximum atomic E-state index is 13.0. The molecule has 7 heteroatoms. The number of hydrogen-bond acceptors (Lipinski definition) is 5. The molecule has 30 heavy (non-hydrogen) atoms. The van der Waals surface area contributed by atoms with Gasteiger partial charge in [-0.25, -0.2) is 4.79 Å². The van der Waals surface area contributed by atoms with Gasteiger partial charge in [0.05, 0.1) is 20.6 Å². The van der Waals surface area contributed by atoms with Gasteiger partial charge in [-0.2, -0.15) is 0 Å². The third-order valence-electron chi connectivity index (χ3n) is 5.70. The van der Waals surface area contributed by atoms with Crippen LogP contribution in [0.15, 0.2) is 12.1 Å². The van der Waals surface area contributed by atoms with Gasteiger partial charge in [0.25, 0.3) is 0 Å². The number of amides is 2. The minimum Gasteiger partial charge on any atom is -0.493 e. The summed E-state index contributed by atoms with van der Waals surface area (Å²) in [6.07, 6.45) is 2.82. The number of piperidine rings is 1. The van der Waals surface area contributed by atoms with Gasteiger partial charge in [0, 0.05) is 26.2 Å². The van der Waals surface area contributed by atoms with Crippen molar-refractivity contribution in [3.63, 3.8) is 0 Å². The number of carbonyl (C=O) groups excluding carboxylic acids is 2. The number of fused-ring (bicyclic) bond motifs is 1. The summed E-state index contributed by atoms with van der Waals surface area (Å²) in [6, 6.07) is 3.90. The van der Waals surface area contributed by atoms with E-state index in [1.165, 1.54) is 0 Å². The SMILES string of the molecule is COc1cc2c(cc1OC)CC(=O)N(C[C@H]1CCCN(C(=O)OC(C)(C)C)C1)CC2. The zero-order chi connectivity index (χ0) is 21.9. The number of carbonyl (C=O) groups is 2. The molecule has 1 aromatic carbocycles. The van der Waals surface area contributed by atoms with Gasteiger partial charge in [0.1, 0.15) is 5.60 Å². The lowest BCUT2D eigenvalue weighted by Crippen LogP contribution is -2.46. The van der Waals surface area contributed by atoms with E-state index in [-0.39, 0.29) is 17.9 Å². The molecule has 0 aromatic heterocycles. The average Bonchev–Trinajstić information content (AvgIpc) is 2.84. The second kappa shape index (κ2) is 9.14. The molecule has 0 spiro atoms. The highest BCUT2D eigenvalue weighted by Crippen LogP contribution is 2.32. The Morgan fingerprint density at radius 3 is 2.40 bits per heavy atom. The number of likely N-dealkylation sites (tertiary alicyclic amines) is 1. The van der Waals surface area contributed by atoms with E-state index < -0.39 is 5.60 Å². The summed E-state index contributed by atoms with van der Waals surface area (Å²) in [5.74, 6) is 1.73. The van der Waals surface area contributed by atoms with Crippen molar-refractivity contribution in [2.24, 2.45) is 5.92 Å². The van der Waals surface area contributed by atoms with Crippen molar-refractivity contribution >= 4 is 12.0 Å². The number of benzene rings is 1. The Bertz CT molecular complexity index is 787. The maximum Gasteiger partial charge on any atom is 0.410 e. The molecule has 3 rings (SSSR count). The largest absolute Gasteiger partial charge is 0.493 e. The lowest BCUT2D eigenvalue weighted by atomic mass is 9.97. The van der Waals surface area contributed by atoms with Gasteiger partial charge in [-0.1, -0.05) is 0 Å². The standard InChI is InChI=1S/C23H34N2O5/c1-23(2,3)30-22(27)25-9-6-7-16(15-25)14-24-10-8-17-11-19(28-4)20(29-5)12-18(17)13-21(24)26/h11-12,16H,6-10,13-15H2,1-5H3/t16-/m1/s1. The third kappa shape index (κ3) is 5.37. The third-order valence-corrected chi connectivity index (χ3v) is 5.70. The number of ether oxygens (including phenoxy) is 3. The van der Waals surface area contributed by atoms with Crippen LogP contribution in [-0.4, -0.2) is 67.8 Å². The van der Waals surface area contributed by atoms with E-state index in [1.54, 1.807) is 19.1 Å². The van der Waals surface area contributed by atoms with Crippen LogP contribution in [0.3, 0.4) is 0 Å². The lowest BCUT2D eigenvalue weighted by Gasteiger charge is -2.36. The highest BCUT2D eigenvalue weighted by molar-refractivity contribution is 5.80. The molecule has 2 aliphatic rings. The molecule has 0 saturated carbocycles. The molecule has 2 amide bonds. The maximum absolute atomic E-state index is 13.0. The lowest BCUT2D eigenvalue weighted by molar-refractivity contribution is -0.131. The Morgan fingerprint density at radius 1 is 1.10 bits per heavy atom. The van der Waals surface area contributed by atoms with E-state index in [4.69, 9.17) is 14.2 Å². The van der Waals surface area contributed by atoms with Gasteiger partial charge < -0.3 is 24.0 Å².